The van der Waals surface area contributed by atoms with Crippen LogP contribution in [0.2, 0.25) is 0 Å². The highest BCUT2D eigenvalue weighted by Gasteiger charge is 2.29. The molecule has 0 aromatic carbocycles. The van der Waals surface area contributed by atoms with Gasteiger partial charge in [-0.1, -0.05) is 38.7 Å². The number of carbonyl (C=O) groups is 1. The van der Waals surface area contributed by atoms with Gasteiger partial charge in [0.25, 0.3) is 0 Å². The minimum atomic E-state index is -1.38. The van der Waals surface area contributed by atoms with Crippen molar-refractivity contribution in [2.24, 2.45) is 5.92 Å². The van der Waals surface area contributed by atoms with Gasteiger partial charge in [-0.3, -0.25) is 5.32 Å². The summed E-state index contributed by atoms with van der Waals surface area (Å²) in [7, 11) is 0. The molecule has 1 amide bonds. The van der Waals surface area contributed by atoms with Crippen LogP contribution in [0.4, 0.5) is 4.79 Å². The van der Waals surface area contributed by atoms with Gasteiger partial charge in [0.1, 0.15) is 5.60 Å². The predicted molar refractivity (Wildman–Crippen MR) is 80.3 cm³/mol. The third-order valence-corrected chi connectivity index (χ3v) is 3.71. The summed E-state index contributed by atoms with van der Waals surface area (Å²) in [6, 6.07) is 0. The van der Waals surface area contributed by atoms with Crippen molar-refractivity contribution in [3.05, 3.63) is 12.7 Å². The Kier molecular flexibility index (Phi) is 6.06. The summed E-state index contributed by atoms with van der Waals surface area (Å²) in [5.41, 5.74) is -1.95. The smallest absolute Gasteiger partial charge is 0.410 e. The van der Waals surface area contributed by atoms with E-state index < -0.39 is 17.4 Å². The maximum Gasteiger partial charge on any atom is 0.410 e. The summed E-state index contributed by atoms with van der Waals surface area (Å²) in [5.74, 6) is 0.649. The van der Waals surface area contributed by atoms with Crippen molar-refractivity contribution >= 4 is 6.09 Å². The van der Waals surface area contributed by atoms with Crippen molar-refractivity contribution in [2.45, 2.75) is 77.0 Å². The topological polar surface area (TPSA) is 58.6 Å². The maximum absolute atomic E-state index is 11.7. The van der Waals surface area contributed by atoms with E-state index >= 15 is 0 Å². The van der Waals surface area contributed by atoms with E-state index in [1.165, 1.54) is 38.2 Å². The molecule has 0 heterocycles. The number of aliphatic hydroxyl groups is 1. The normalized spacial score (nSPS) is 20.0. The second-order valence-corrected chi connectivity index (χ2v) is 6.80. The summed E-state index contributed by atoms with van der Waals surface area (Å²) in [5, 5.41) is 12.9. The molecule has 0 saturated heterocycles. The quantitative estimate of drug-likeness (QED) is 0.597. The number of hydrogen-bond acceptors (Lipinski definition) is 3. The monoisotopic (exact) mass is 283 g/mol. The molecule has 4 nitrogen and oxygen atoms in total. The lowest BCUT2D eigenvalue weighted by atomic mass is 9.84. The fourth-order valence-electron chi connectivity index (χ4n) is 2.60. The summed E-state index contributed by atoms with van der Waals surface area (Å²) < 4.78 is 5.17. The van der Waals surface area contributed by atoms with E-state index in [9.17, 15) is 9.90 Å². The number of ether oxygens (including phenoxy) is 1. The van der Waals surface area contributed by atoms with Crippen molar-refractivity contribution in [1.29, 1.82) is 0 Å². The van der Waals surface area contributed by atoms with E-state index in [0.717, 1.165) is 6.42 Å². The standard InChI is InChI=1S/C16H29NO3/c1-5-16(19,17-14(18)20-15(2,3)4)12-11-13-9-7-6-8-10-13/h5,13,19H,1,6-12H2,2-4H3,(H,17,18)/t16-/m1/s1. The first-order valence-electron chi connectivity index (χ1n) is 7.61. The highest BCUT2D eigenvalue weighted by Crippen LogP contribution is 2.29. The zero-order chi connectivity index (χ0) is 15.2. The minimum absolute atomic E-state index is 0.487. The lowest BCUT2D eigenvalue weighted by molar-refractivity contribution is 0.00555. The van der Waals surface area contributed by atoms with Crippen LogP contribution in [0.25, 0.3) is 0 Å². The van der Waals surface area contributed by atoms with Crippen LogP contribution in [0.15, 0.2) is 12.7 Å². The van der Waals surface area contributed by atoms with Crippen LogP contribution in [-0.2, 0) is 4.74 Å². The Morgan fingerprint density at radius 1 is 1.35 bits per heavy atom. The first-order valence-corrected chi connectivity index (χ1v) is 7.61. The number of nitrogens with one attached hydrogen (secondary N) is 1. The third-order valence-electron chi connectivity index (χ3n) is 3.71. The fraction of sp³-hybridized carbons (Fsp3) is 0.812. The first kappa shape index (κ1) is 17.0. The first-order chi connectivity index (χ1) is 9.24. The van der Waals surface area contributed by atoms with Gasteiger partial charge in [0.15, 0.2) is 5.72 Å². The number of rotatable bonds is 5. The Morgan fingerprint density at radius 2 is 1.95 bits per heavy atom. The van der Waals surface area contributed by atoms with Crippen LogP contribution in [0.3, 0.4) is 0 Å². The molecule has 0 aromatic heterocycles. The highest BCUT2D eigenvalue weighted by molar-refractivity contribution is 5.68. The molecule has 0 spiro atoms. The number of amides is 1. The molecule has 0 aromatic rings. The average molecular weight is 283 g/mol. The van der Waals surface area contributed by atoms with Gasteiger partial charge in [-0.2, -0.15) is 0 Å². The molecule has 0 radical (unpaired) electrons. The zero-order valence-electron chi connectivity index (χ0n) is 13.1. The molecule has 2 N–H and O–H groups in total. The fourth-order valence-corrected chi connectivity index (χ4v) is 2.60. The van der Waals surface area contributed by atoms with Crippen LogP contribution >= 0.6 is 0 Å². The van der Waals surface area contributed by atoms with Crippen molar-refractivity contribution < 1.29 is 14.6 Å². The van der Waals surface area contributed by atoms with Crippen molar-refractivity contribution in [3.63, 3.8) is 0 Å². The van der Waals surface area contributed by atoms with Gasteiger partial charge in [-0.15, -0.1) is 0 Å². The number of hydrogen-bond donors (Lipinski definition) is 2. The molecule has 1 rings (SSSR count). The molecule has 4 heteroatoms. The minimum Gasteiger partial charge on any atom is -0.444 e. The summed E-state index contributed by atoms with van der Waals surface area (Å²) in [6.07, 6.45) is 8.48. The molecule has 20 heavy (non-hydrogen) atoms. The zero-order valence-corrected chi connectivity index (χ0v) is 13.1. The van der Waals surface area contributed by atoms with Crippen molar-refractivity contribution in [3.8, 4) is 0 Å². The van der Waals surface area contributed by atoms with Gasteiger partial charge in [-0.25, -0.2) is 4.79 Å². The molecule has 1 atom stereocenters. The van der Waals surface area contributed by atoms with Crippen LogP contribution in [-0.4, -0.2) is 22.5 Å². The average Bonchev–Trinajstić information content (AvgIpc) is 2.35. The van der Waals surface area contributed by atoms with Crippen LogP contribution < -0.4 is 5.32 Å². The van der Waals surface area contributed by atoms with E-state index in [-0.39, 0.29) is 0 Å². The summed E-state index contributed by atoms with van der Waals surface area (Å²) in [6.45, 7) is 9.01. The second-order valence-electron chi connectivity index (χ2n) is 6.80. The van der Waals surface area contributed by atoms with Gasteiger partial charge in [0.05, 0.1) is 0 Å². The van der Waals surface area contributed by atoms with Gasteiger partial charge in [0, 0.05) is 0 Å². The molecule has 1 aliphatic carbocycles. The Morgan fingerprint density at radius 3 is 2.45 bits per heavy atom. The van der Waals surface area contributed by atoms with Crippen LogP contribution in [0, 0.1) is 5.92 Å². The maximum atomic E-state index is 11.7. The highest BCUT2D eigenvalue weighted by atomic mass is 16.6. The number of alkyl carbamates (subject to hydrolysis) is 1. The summed E-state index contributed by atoms with van der Waals surface area (Å²) in [4.78, 5) is 11.7. The van der Waals surface area contributed by atoms with Gasteiger partial charge < -0.3 is 9.84 Å². The molecular weight excluding hydrogens is 254 g/mol. The predicted octanol–water partition coefficient (Wildman–Crippen LogP) is 3.75. The van der Waals surface area contributed by atoms with E-state index in [4.69, 9.17) is 4.74 Å². The Labute approximate surface area is 122 Å². The second kappa shape index (κ2) is 7.11. The molecule has 0 aliphatic heterocycles. The van der Waals surface area contributed by atoms with Crippen molar-refractivity contribution in [2.75, 3.05) is 0 Å². The Balaban J connectivity index is 2.44. The largest absolute Gasteiger partial charge is 0.444 e. The molecule has 1 aliphatic rings. The summed E-state index contributed by atoms with van der Waals surface area (Å²) >= 11 is 0. The van der Waals surface area contributed by atoms with E-state index in [0.29, 0.717) is 12.3 Å². The molecule has 0 bridgehead atoms. The van der Waals surface area contributed by atoms with E-state index in [1.54, 1.807) is 20.8 Å². The SMILES string of the molecule is C=C[C@@](O)(CCC1CCCCC1)NC(=O)OC(C)(C)C. The van der Waals surface area contributed by atoms with Gasteiger partial charge >= 0.3 is 6.09 Å². The Bertz CT molecular complexity index is 329. The Hall–Kier alpha value is -1.03. The van der Waals surface area contributed by atoms with Crippen molar-refractivity contribution in [1.82, 2.24) is 5.32 Å². The van der Waals surface area contributed by atoms with E-state index in [1.807, 2.05) is 0 Å². The van der Waals surface area contributed by atoms with Crippen LogP contribution in [0.5, 0.6) is 0 Å². The number of carbonyl (C=O) groups excluding carboxylic acids is 1. The lowest BCUT2D eigenvalue weighted by Gasteiger charge is -2.30. The lowest BCUT2D eigenvalue weighted by Crippen LogP contribution is -2.48. The molecular formula is C16H29NO3. The molecule has 1 saturated carbocycles. The third kappa shape index (κ3) is 6.42. The molecule has 1 fully saturated rings. The van der Waals surface area contributed by atoms with Crippen LogP contribution in [0.1, 0.15) is 65.7 Å². The van der Waals surface area contributed by atoms with E-state index in [2.05, 4.69) is 11.9 Å². The molecule has 0 unspecified atom stereocenters. The van der Waals surface area contributed by atoms with Gasteiger partial charge in [-0.05, 0) is 45.6 Å². The van der Waals surface area contributed by atoms with Gasteiger partial charge in [0.2, 0.25) is 0 Å². The molecule has 116 valence electrons.